The summed E-state index contributed by atoms with van der Waals surface area (Å²) in [6.07, 6.45) is 7.55. The van der Waals surface area contributed by atoms with Crippen LogP contribution in [0.3, 0.4) is 0 Å². The molecule has 0 amide bonds. The zero-order chi connectivity index (χ0) is 9.80. The second kappa shape index (κ2) is 4.17. The van der Waals surface area contributed by atoms with E-state index in [1.807, 2.05) is 0 Å². The summed E-state index contributed by atoms with van der Waals surface area (Å²) in [7, 11) is 0. The van der Waals surface area contributed by atoms with E-state index in [4.69, 9.17) is 0 Å². The molecule has 1 aromatic rings. The zero-order valence-corrected chi connectivity index (χ0v) is 7.78. The maximum atomic E-state index is 12.5. The summed E-state index contributed by atoms with van der Waals surface area (Å²) in [5, 5.41) is 2.99. The lowest BCUT2D eigenvalue weighted by atomic mass is 10.3. The molecular weight excluding hydrogens is 181 g/mol. The minimum Gasteiger partial charge on any atom is -0.366 e. The van der Waals surface area contributed by atoms with E-state index in [1.54, 1.807) is 6.07 Å². The van der Waals surface area contributed by atoms with Crippen LogP contribution in [0.1, 0.15) is 12.8 Å². The molecule has 0 radical (unpaired) electrons. The number of allylic oxidation sites excluding steroid dienone is 1. The van der Waals surface area contributed by atoms with Crippen molar-refractivity contribution >= 4 is 5.82 Å². The van der Waals surface area contributed by atoms with Gasteiger partial charge >= 0.3 is 6.08 Å². The van der Waals surface area contributed by atoms with Crippen molar-refractivity contribution in [3.05, 3.63) is 30.5 Å². The largest absolute Gasteiger partial charge is 0.366 e. The van der Waals surface area contributed by atoms with Crippen molar-refractivity contribution in [3.63, 3.8) is 0 Å². The van der Waals surface area contributed by atoms with Gasteiger partial charge in [-0.1, -0.05) is 12.2 Å². The maximum Gasteiger partial charge on any atom is 0.310 e. The molecule has 1 aliphatic rings. The van der Waals surface area contributed by atoms with Crippen LogP contribution in [0.15, 0.2) is 24.4 Å². The van der Waals surface area contributed by atoms with Gasteiger partial charge in [0.2, 0.25) is 0 Å². The summed E-state index contributed by atoms with van der Waals surface area (Å²) in [5.41, 5.74) is 0. The zero-order valence-electron chi connectivity index (χ0n) is 7.78. The Kier molecular flexibility index (Phi) is 2.72. The van der Waals surface area contributed by atoms with Gasteiger partial charge in [-0.15, -0.1) is 0 Å². The fourth-order valence-electron chi connectivity index (χ4n) is 1.15. The van der Waals surface area contributed by atoms with Crippen LogP contribution in [-0.4, -0.2) is 16.5 Å². The van der Waals surface area contributed by atoms with E-state index in [-0.39, 0.29) is 0 Å². The average molecular weight is 193 g/mol. The minimum atomic E-state index is -0.693. The monoisotopic (exact) mass is 193 g/mol. The van der Waals surface area contributed by atoms with Crippen molar-refractivity contribution in [1.82, 2.24) is 9.97 Å². The van der Waals surface area contributed by atoms with Crippen molar-refractivity contribution in [2.24, 2.45) is 5.92 Å². The topological polar surface area (TPSA) is 37.8 Å². The van der Waals surface area contributed by atoms with E-state index in [1.165, 1.54) is 19.0 Å². The molecule has 0 aliphatic heterocycles. The number of nitrogens with zero attached hydrogens (tertiary/aromatic N) is 2. The number of anilines is 1. The highest BCUT2D eigenvalue weighted by Crippen LogP contribution is 2.29. The van der Waals surface area contributed by atoms with Gasteiger partial charge in [0.1, 0.15) is 5.82 Å². The number of hydrogen-bond donors (Lipinski definition) is 1. The van der Waals surface area contributed by atoms with E-state index in [9.17, 15) is 4.39 Å². The lowest BCUT2D eigenvalue weighted by molar-refractivity contribution is 0.540. The number of halogens is 1. The van der Waals surface area contributed by atoms with Gasteiger partial charge in [-0.05, 0) is 24.8 Å². The van der Waals surface area contributed by atoms with Gasteiger partial charge in [-0.3, -0.25) is 0 Å². The van der Waals surface area contributed by atoms with Crippen LogP contribution in [-0.2, 0) is 0 Å². The molecule has 1 heterocycles. The molecule has 1 aliphatic carbocycles. The lowest BCUT2D eigenvalue weighted by Crippen LogP contribution is -2.02. The summed E-state index contributed by atoms with van der Waals surface area (Å²) in [6.45, 7) is 0.687. The fourth-order valence-corrected chi connectivity index (χ4v) is 1.15. The van der Waals surface area contributed by atoms with E-state index < -0.39 is 6.08 Å². The predicted octanol–water partition coefficient (Wildman–Crippen LogP) is 1.99. The molecule has 0 spiro atoms. The third kappa shape index (κ3) is 2.80. The third-order valence-corrected chi connectivity index (χ3v) is 2.06. The van der Waals surface area contributed by atoms with Crippen LogP contribution < -0.4 is 5.32 Å². The van der Waals surface area contributed by atoms with Crippen molar-refractivity contribution in [3.8, 4) is 0 Å². The lowest BCUT2D eigenvalue weighted by Gasteiger charge is -2.00. The molecule has 0 atom stereocenters. The summed E-state index contributed by atoms with van der Waals surface area (Å²) < 4.78 is 12.5. The second-order valence-corrected chi connectivity index (χ2v) is 3.36. The Morgan fingerprint density at radius 1 is 1.57 bits per heavy atom. The van der Waals surface area contributed by atoms with E-state index in [0.29, 0.717) is 12.4 Å². The van der Waals surface area contributed by atoms with E-state index >= 15 is 0 Å². The average Bonchev–Trinajstić information content (AvgIpc) is 2.96. The van der Waals surface area contributed by atoms with Crippen molar-refractivity contribution in [2.45, 2.75) is 12.8 Å². The van der Waals surface area contributed by atoms with Crippen molar-refractivity contribution < 1.29 is 4.39 Å². The van der Waals surface area contributed by atoms with Gasteiger partial charge < -0.3 is 5.32 Å². The predicted molar refractivity (Wildman–Crippen MR) is 52.3 cm³/mol. The van der Waals surface area contributed by atoms with Crippen LogP contribution in [0.4, 0.5) is 10.2 Å². The van der Waals surface area contributed by atoms with Crippen LogP contribution in [0.5, 0.6) is 0 Å². The number of hydrogen-bond acceptors (Lipinski definition) is 3. The molecule has 0 unspecified atom stereocenters. The summed E-state index contributed by atoms with van der Waals surface area (Å²) in [4.78, 5) is 6.95. The molecule has 0 saturated heterocycles. The molecule has 14 heavy (non-hydrogen) atoms. The fraction of sp³-hybridized carbons (Fsp3) is 0.400. The van der Waals surface area contributed by atoms with E-state index in [2.05, 4.69) is 27.4 Å². The van der Waals surface area contributed by atoms with Crippen LogP contribution >= 0.6 is 0 Å². The smallest absolute Gasteiger partial charge is 0.310 e. The summed E-state index contributed by atoms with van der Waals surface area (Å²) >= 11 is 0. The standard InChI is InChI=1S/C10H12FN3/c11-10-13-7-5-9(14-10)12-6-1-2-8-3-4-8/h1-2,5,7-8H,3-4,6H2,(H,12,13,14)/b2-1+. The Morgan fingerprint density at radius 3 is 3.14 bits per heavy atom. The number of rotatable bonds is 4. The molecule has 74 valence electrons. The van der Waals surface area contributed by atoms with Gasteiger partial charge in [-0.2, -0.15) is 9.37 Å². The summed E-state index contributed by atoms with van der Waals surface area (Å²) in [6, 6.07) is 1.65. The molecule has 4 heteroatoms. The second-order valence-electron chi connectivity index (χ2n) is 3.36. The molecule has 3 nitrogen and oxygen atoms in total. The van der Waals surface area contributed by atoms with Gasteiger partial charge in [0.25, 0.3) is 0 Å². The first-order valence-corrected chi connectivity index (χ1v) is 4.73. The number of aromatic nitrogens is 2. The molecule has 1 fully saturated rings. The highest BCUT2D eigenvalue weighted by atomic mass is 19.1. The van der Waals surface area contributed by atoms with Gasteiger partial charge in [0.05, 0.1) is 0 Å². The number of nitrogens with one attached hydrogen (secondary N) is 1. The molecule has 0 aromatic carbocycles. The van der Waals surface area contributed by atoms with Gasteiger partial charge in [0, 0.05) is 12.7 Å². The maximum absolute atomic E-state index is 12.5. The normalized spacial score (nSPS) is 16.1. The summed E-state index contributed by atoms with van der Waals surface area (Å²) in [5.74, 6) is 1.30. The van der Waals surface area contributed by atoms with Gasteiger partial charge in [0.15, 0.2) is 0 Å². The third-order valence-electron chi connectivity index (χ3n) is 2.06. The van der Waals surface area contributed by atoms with Crippen molar-refractivity contribution in [1.29, 1.82) is 0 Å². The molecular formula is C10H12FN3. The quantitative estimate of drug-likeness (QED) is 0.587. The van der Waals surface area contributed by atoms with Gasteiger partial charge in [-0.25, -0.2) is 4.98 Å². The van der Waals surface area contributed by atoms with Crippen LogP contribution in [0.2, 0.25) is 0 Å². The molecule has 2 rings (SSSR count). The van der Waals surface area contributed by atoms with E-state index in [0.717, 1.165) is 5.92 Å². The Balaban J connectivity index is 1.79. The Labute approximate surface area is 82.1 Å². The minimum absolute atomic E-state index is 0.526. The SMILES string of the molecule is Fc1nccc(NC/C=C/C2CC2)n1. The molecule has 1 saturated carbocycles. The van der Waals surface area contributed by atoms with Crippen molar-refractivity contribution in [2.75, 3.05) is 11.9 Å². The Bertz CT molecular complexity index is 334. The molecule has 1 N–H and O–H groups in total. The van der Waals surface area contributed by atoms with Crippen LogP contribution in [0.25, 0.3) is 0 Å². The highest BCUT2D eigenvalue weighted by molar-refractivity contribution is 5.32. The molecule has 1 aromatic heterocycles. The first-order chi connectivity index (χ1) is 6.84. The Hall–Kier alpha value is -1.45. The highest BCUT2D eigenvalue weighted by Gasteiger charge is 2.16. The molecule has 0 bridgehead atoms. The first-order valence-electron chi connectivity index (χ1n) is 4.73. The first kappa shape index (κ1) is 9.12. The Morgan fingerprint density at radius 2 is 2.43 bits per heavy atom. The van der Waals surface area contributed by atoms with Crippen LogP contribution in [0, 0.1) is 12.0 Å².